The summed E-state index contributed by atoms with van der Waals surface area (Å²) in [5.41, 5.74) is 2.83. The first-order valence-electron chi connectivity index (χ1n) is 8.90. The van der Waals surface area contributed by atoms with Crippen LogP contribution in [0.4, 0.5) is 5.69 Å². The predicted octanol–water partition coefficient (Wildman–Crippen LogP) is 4.12. The van der Waals surface area contributed by atoms with Gasteiger partial charge in [-0.15, -0.1) is 22.7 Å². The number of thiophene rings is 1. The Morgan fingerprint density at radius 1 is 1.26 bits per heavy atom. The lowest BCUT2D eigenvalue weighted by Crippen LogP contribution is -2.41. The second-order valence-electron chi connectivity index (χ2n) is 6.47. The molecule has 0 saturated carbocycles. The van der Waals surface area contributed by atoms with Gasteiger partial charge in [-0.05, 0) is 31.2 Å². The SMILES string of the molecule is Cc1ccc(-c2csc(-c3cccc(NC(=O)CN4CCOCC4)c3)n2)s1. The average molecular weight is 400 g/mol. The van der Waals surface area contributed by atoms with Crippen LogP contribution >= 0.6 is 22.7 Å². The van der Waals surface area contributed by atoms with Gasteiger partial charge in [0.1, 0.15) is 5.01 Å². The van der Waals surface area contributed by atoms with Crippen LogP contribution in [0.1, 0.15) is 4.88 Å². The van der Waals surface area contributed by atoms with Gasteiger partial charge in [0, 0.05) is 34.6 Å². The molecule has 1 aliphatic rings. The van der Waals surface area contributed by atoms with Crippen molar-refractivity contribution in [2.24, 2.45) is 0 Å². The number of amides is 1. The van der Waals surface area contributed by atoms with Crippen molar-refractivity contribution in [1.82, 2.24) is 9.88 Å². The molecule has 1 fully saturated rings. The van der Waals surface area contributed by atoms with Gasteiger partial charge in [-0.1, -0.05) is 12.1 Å². The topological polar surface area (TPSA) is 54.5 Å². The standard InChI is InChI=1S/C20H21N3O2S2/c1-14-5-6-18(27-14)17-13-26-20(22-17)15-3-2-4-16(11-15)21-19(24)12-23-7-9-25-10-8-23/h2-6,11,13H,7-10,12H2,1H3,(H,21,24). The van der Waals surface area contributed by atoms with E-state index in [1.807, 2.05) is 24.3 Å². The lowest BCUT2D eigenvalue weighted by atomic mass is 10.2. The Balaban J connectivity index is 1.44. The Kier molecular flexibility index (Phi) is 5.63. The van der Waals surface area contributed by atoms with Crippen LogP contribution in [0.15, 0.2) is 41.8 Å². The van der Waals surface area contributed by atoms with Gasteiger partial charge in [-0.2, -0.15) is 0 Å². The van der Waals surface area contributed by atoms with Gasteiger partial charge in [-0.25, -0.2) is 4.98 Å². The van der Waals surface area contributed by atoms with Gasteiger partial charge in [0.15, 0.2) is 0 Å². The molecule has 0 unspecified atom stereocenters. The summed E-state index contributed by atoms with van der Waals surface area (Å²) in [6.45, 7) is 5.49. The molecule has 1 N–H and O–H groups in total. The average Bonchev–Trinajstić information content (AvgIpc) is 3.32. The Labute approximate surface area is 166 Å². The van der Waals surface area contributed by atoms with Crippen LogP contribution < -0.4 is 5.32 Å². The largest absolute Gasteiger partial charge is 0.379 e. The summed E-state index contributed by atoms with van der Waals surface area (Å²) in [4.78, 5) is 21.7. The molecule has 0 radical (unpaired) electrons. The molecule has 4 rings (SSSR count). The fourth-order valence-electron chi connectivity index (χ4n) is 2.98. The van der Waals surface area contributed by atoms with Gasteiger partial charge in [0.2, 0.25) is 5.91 Å². The van der Waals surface area contributed by atoms with Crippen LogP contribution in [0.3, 0.4) is 0 Å². The molecule has 0 atom stereocenters. The van der Waals surface area contributed by atoms with Crippen molar-refractivity contribution in [3.8, 4) is 21.1 Å². The second kappa shape index (κ2) is 8.31. The van der Waals surface area contributed by atoms with Crippen LogP contribution in [0.5, 0.6) is 0 Å². The second-order valence-corrected chi connectivity index (χ2v) is 8.61. The van der Waals surface area contributed by atoms with E-state index in [9.17, 15) is 4.79 Å². The van der Waals surface area contributed by atoms with Crippen molar-refractivity contribution < 1.29 is 9.53 Å². The molecule has 3 aromatic rings. The minimum Gasteiger partial charge on any atom is -0.379 e. The predicted molar refractivity (Wildman–Crippen MR) is 111 cm³/mol. The van der Waals surface area contributed by atoms with E-state index >= 15 is 0 Å². The molecule has 0 spiro atoms. The third-order valence-corrected chi connectivity index (χ3v) is 6.28. The molecule has 1 aromatic carbocycles. The summed E-state index contributed by atoms with van der Waals surface area (Å²) in [6, 6.07) is 12.1. The fraction of sp³-hybridized carbons (Fsp3) is 0.300. The summed E-state index contributed by atoms with van der Waals surface area (Å²) in [6.07, 6.45) is 0. The maximum Gasteiger partial charge on any atom is 0.238 e. The monoisotopic (exact) mass is 399 g/mol. The highest BCUT2D eigenvalue weighted by atomic mass is 32.1. The Hall–Kier alpha value is -2.06. The number of aromatic nitrogens is 1. The first-order valence-corrected chi connectivity index (χ1v) is 10.6. The number of rotatable bonds is 5. The van der Waals surface area contributed by atoms with E-state index in [2.05, 4.69) is 34.7 Å². The zero-order valence-corrected chi connectivity index (χ0v) is 16.7. The molecule has 1 aliphatic heterocycles. The van der Waals surface area contributed by atoms with Gasteiger partial charge in [-0.3, -0.25) is 9.69 Å². The van der Waals surface area contributed by atoms with E-state index in [-0.39, 0.29) is 5.91 Å². The molecule has 2 aromatic heterocycles. The third kappa shape index (κ3) is 4.62. The Morgan fingerprint density at radius 3 is 2.89 bits per heavy atom. The number of benzene rings is 1. The minimum absolute atomic E-state index is 0.00272. The number of morpholine rings is 1. The zero-order chi connectivity index (χ0) is 18.6. The highest BCUT2D eigenvalue weighted by Crippen LogP contribution is 2.33. The van der Waals surface area contributed by atoms with Gasteiger partial charge in [0.25, 0.3) is 0 Å². The number of carbonyl (C=O) groups excluding carboxylic acids is 1. The van der Waals surface area contributed by atoms with E-state index < -0.39 is 0 Å². The van der Waals surface area contributed by atoms with Crippen molar-refractivity contribution in [1.29, 1.82) is 0 Å². The number of carbonyl (C=O) groups is 1. The normalized spacial score (nSPS) is 15.0. The lowest BCUT2D eigenvalue weighted by Gasteiger charge is -2.25. The maximum atomic E-state index is 12.3. The van der Waals surface area contributed by atoms with Crippen LogP contribution in [-0.4, -0.2) is 48.6 Å². The highest BCUT2D eigenvalue weighted by molar-refractivity contribution is 7.16. The smallest absolute Gasteiger partial charge is 0.238 e. The van der Waals surface area contributed by atoms with Crippen molar-refractivity contribution in [2.75, 3.05) is 38.2 Å². The molecule has 5 nitrogen and oxygen atoms in total. The molecule has 0 bridgehead atoms. The van der Waals surface area contributed by atoms with Crippen LogP contribution in [0.2, 0.25) is 0 Å². The first-order chi connectivity index (χ1) is 13.2. The summed E-state index contributed by atoms with van der Waals surface area (Å²) in [7, 11) is 0. The Morgan fingerprint density at radius 2 is 2.11 bits per heavy atom. The van der Waals surface area contributed by atoms with Gasteiger partial charge >= 0.3 is 0 Å². The summed E-state index contributed by atoms with van der Waals surface area (Å²) in [5.74, 6) is 0.00272. The third-order valence-electron chi connectivity index (χ3n) is 4.36. The van der Waals surface area contributed by atoms with Crippen LogP contribution in [0.25, 0.3) is 21.1 Å². The molecule has 7 heteroatoms. The molecular weight excluding hydrogens is 378 g/mol. The minimum atomic E-state index is 0.00272. The van der Waals surface area contributed by atoms with Crippen molar-refractivity contribution in [3.63, 3.8) is 0 Å². The highest BCUT2D eigenvalue weighted by Gasteiger charge is 2.15. The molecule has 27 heavy (non-hydrogen) atoms. The van der Waals surface area contributed by atoms with E-state index in [4.69, 9.17) is 9.72 Å². The number of thiazole rings is 1. The van der Waals surface area contributed by atoms with E-state index in [1.165, 1.54) is 9.75 Å². The van der Waals surface area contributed by atoms with E-state index in [0.717, 1.165) is 35.0 Å². The zero-order valence-electron chi connectivity index (χ0n) is 15.1. The van der Waals surface area contributed by atoms with Gasteiger partial charge in [0.05, 0.1) is 30.3 Å². The maximum absolute atomic E-state index is 12.3. The number of ether oxygens (including phenoxy) is 1. The number of anilines is 1. The first kappa shape index (κ1) is 18.3. The number of aryl methyl sites for hydroxylation is 1. The summed E-state index contributed by atoms with van der Waals surface area (Å²) in [5, 5.41) is 6.04. The quantitative estimate of drug-likeness (QED) is 0.701. The Bertz CT molecular complexity index is 929. The van der Waals surface area contributed by atoms with E-state index in [0.29, 0.717) is 19.8 Å². The van der Waals surface area contributed by atoms with Gasteiger partial charge < -0.3 is 10.1 Å². The molecule has 140 valence electrons. The summed E-state index contributed by atoms with van der Waals surface area (Å²) >= 11 is 3.37. The molecule has 1 saturated heterocycles. The molecule has 0 aliphatic carbocycles. The summed E-state index contributed by atoms with van der Waals surface area (Å²) < 4.78 is 5.32. The number of nitrogens with zero attached hydrogens (tertiary/aromatic N) is 2. The van der Waals surface area contributed by atoms with Crippen LogP contribution in [-0.2, 0) is 9.53 Å². The lowest BCUT2D eigenvalue weighted by molar-refractivity contribution is -0.118. The molecule has 1 amide bonds. The molecular formula is C20H21N3O2S2. The number of hydrogen-bond acceptors (Lipinski definition) is 6. The number of nitrogens with one attached hydrogen (secondary N) is 1. The van der Waals surface area contributed by atoms with E-state index in [1.54, 1.807) is 22.7 Å². The number of hydrogen-bond donors (Lipinski definition) is 1. The van der Waals surface area contributed by atoms with Crippen molar-refractivity contribution in [3.05, 3.63) is 46.7 Å². The van der Waals surface area contributed by atoms with Crippen molar-refractivity contribution >= 4 is 34.3 Å². The molecule has 3 heterocycles. The fourth-order valence-corrected chi connectivity index (χ4v) is 4.70. The van der Waals surface area contributed by atoms with Crippen molar-refractivity contribution in [2.45, 2.75) is 6.92 Å². The van der Waals surface area contributed by atoms with Crippen LogP contribution in [0, 0.1) is 6.92 Å².